The average molecular weight is 623 g/mol. The normalized spacial score (nSPS) is 11.8. The number of ether oxygens (including phenoxy) is 1. The van der Waals surface area contributed by atoms with Gasteiger partial charge in [-0.05, 0) is 65.7 Å². The first-order chi connectivity index (χ1) is 21.3. The summed E-state index contributed by atoms with van der Waals surface area (Å²) >= 11 is 7.53. The first-order valence-corrected chi connectivity index (χ1v) is 15.0. The summed E-state index contributed by atoms with van der Waals surface area (Å²) in [6, 6.07) is 29.8. The second-order valence-electron chi connectivity index (χ2n) is 9.75. The van der Waals surface area contributed by atoms with Crippen LogP contribution in [0.1, 0.15) is 53.9 Å². The lowest BCUT2D eigenvalue weighted by atomic mass is 10.0. The number of aromatic nitrogens is 1. The Morgan fingerprint density at radius 2 is 1.61 bits per heavy atom. The summed E-state index contributed by atoms with van der Waals surface area (Å²) in [6.07, 6.45) is 3.83. The van der Waals surface area contributed by atoms with Crippen LogP contribution in [0.5, 0.6) is 0 Å². The third-order valence-corrected chi connectivity index (χ3v) is 8.24. The number of carboxylic acids is 1. The lowest BCUT2D eigenvalue weighted by Crippen LogP contribution is -2.31. The van der Waals surface area contributed by atoms with E-state index in [9.17, 15) is 19.5 Å². The quantitative estimate of drug-likeness (QED) is 0.121. The Morgan fingerprint density at radius 1 is 0.886 bits per heavy atom. The first-order valence-electron chi connectivity index (χ1n) is 13.6. The Labute approximate surface area is 263 Å². The Kier molecular flexibility index (Phi) is 9.74. The molecule has 0 aliphatic carbocycles. The maximum atomic E-state index is 13.4. The van der Waals surface area contributed by atoms with E-state index in [0.29, 0.717) is 21.2 Å². The van der Waals surface area contributed by atoms with E-state index in [2.05, 4.69) is 10.3 Å². The number of pyridine rings is 1. The number of esters is 1. The van der Waals surface area contributed by atoms with Crippen molar-refractivity contribution < 1.29 is 24.2 Å². The number of carbonyl (C=O) groups is 3. The fourth-order valence-electron chi connectivity index (χ4n) is 4.63. The van der Waals surface area contributed by atoms with Crippen molar-refractivity contribution >= 4 is 64.3 Å². The maximum Gasteiger partial charge on any atom is 0.338 e. The fraction of sp³-hybridized carbons (Fsp3) is 0.0857. The van der Waals surface area contributed by atoms with Gasteiger partial charge in [0, 0.05) is 21.1 Å². The van der Waals surface area contributed by atoms with Gasteiger partial charge in [0.2, 0.25) is 0 Å². The number of hydrogen-bond donors (Lipinski definition) is 2. The van der Waals surface area contributed by atoms with Gasteiger partial charge in [0.25, 0.3) is 5.91 Å². The molecule has 0 aliphatic rings. The van der Waals surface area contributed by atoms with Crippen molar-refractivity contribution in [3.05, 3.63) is 142 Å². The van der Waals surface area contributed by atoms with Gasteiger partial charge in [0.15, 0.2) is 0 Å². The average Bonchev–Trinajstić information content (AvgIpc) is 3.05. The van der Waals surface area contributed by atoms with Gasteiger partial charge in [0.1, 0.15) is 0 Å². The fourth-order valence-corrected chi connectivity index (χ4v) is 5.90. The van der Waals surface area contributed by atoms with E-state index in [0.717, 1.165) is 27.7 Å². The summed E-state index contributed by atoms with van der Waals surface area (Å²) in [5.41, 5.74) is 3.62. The van der Waals surface area contributed by atoms with Crippen LogP contribution in [0.3, 0.4) is 0 Å². The van der Waals surface area contributed by atoms with Gasteiger partial charge in [-0.2, -0.15) is 0 Å². The minimum Gasteiger partial charge on any atom is -0.478 e. The number of nitrogens with one attached hydrogen (secondary N) is 1. The molecule has 0 saturated heterocycles. The van der Waals surface area contributed by atoms with E-state index in [1.54, 1.807) is 24.3 Å². The Bertz CT molecular complexity index is 1890. The number of hydrogen-bond acceptors (Lipinski definition) is 6. The van der Waals surface area contributed by atoms with Gasteiger partial charge in [0.05, 0.1) is 41.1 Å². The molecule has 1 heterocycles. The monoisotopic (exact) mass is 622 g/mol. The van der Waals surface area contributed by atoms with Crippen molar-refractivity contribution in [1.82, 2.24) is 10.3 Å². The molecule has 4 aromatic carbocycles. The van der Waals surface area contributed by atoms with Crippen molar-refractivity contribution in [3.63, 3.8) is 0 Å². The topological polar surface area (TPSA) is 106 Å². The zero-order valence-electron chi connectivity index (χ0n) is 23.6. The molecule has 44 heavy (non-hydrogen) atoms. The van der Waals surface area contributed by atoms with E-state index in [1.165, 1.54) is 31.0 Å². The van der Waals surface area contributed by atoms with Crippen LogP contribution in [-0.4, -0.2) is 40.8 Å². The summed E-state index contributed by atoms with van der Waals surface area (Å²) in [5, 5.41) is 14.3. The second kappa shape index (κ2) is 14.0. The minimum absolute atomic E-state index is 0.0588. The number of benzene rings is 4. The molecule has 0 spiro atoms. The smallest absolute Gasteiger partial charge is 0.338 e. The summed E-state index contributed by atoms with van der Waals surface area (Å²) in [6.45, 7) is 0. The number of halogens is 1. The molecule has 1 atom stereocenters. The molecule has 1 aromatic heterocycles. The third kappa shape index (κ3) is 7.34. The van der Waals surface area contributed by atoms with Crippen molar-refractivity contribution in [3.8, 4) is 0 Å². The SMILES string of the molecule is COC(=O)c1ccccc1SCC(NC(=O)c1ccccc1C(=O)O)c1cccc(/C=C/c2ccc3ccc(Cl)cc3n2)c1. The van der Waals surface area contributed by atoms with Crippen molar-refractivity contribution in [2.45, 2.75) is 10.9 Å². The van der Waals surface area contributed by atoms with E-state index in [1.807, 2.05) is 78.9 Å². The lowest BCUT2D eigenvalue weighted by molar-refractivity contribution is 0.0595. The molecule has 5 rings (SSSR count). The van der Waals surface area contributed by atoms with Crippen LogP contribution in [0.15, 0.2) is 108 Å². The van der Waals surface area contributed by atoms with Gasteiger partial charge in [-0.1, -0.05) is 72.3 Å². The maximum absolute atomic E-state index is 13.4. The number of nitrogens with zero attached hydrogens (tertiary/aromatic N) is 1. The molecule has 0 aliphatic heterocycles. The van der Waals surface area contributed by atoms with Crippen LogP contribution in [0.25, 0.3) is 23.1 Å². The van der Waals surface area contributed by atoms with Crippen LogP contribution in [0, 0.1) is 0 Å². The van der Waals surface area contributed by atoms with E-state index < -0.39 is 23.9 Å². The highest BCUT2D eigenvalue weighted by atomic mass is 35.5. The Hall–Kier alpha value is -4.92. The molecule has 0 saturated carbocycles. The molecule has 1 unspecified atom stereocenters. The van der Waals surface area contributed by atoms with Crippen LogP contribution in [-0.2, 0) is 4.74 Å². The number of carbonyl (C=O) groups excluding carboxylic acids is 2. The van der Waals surface area contributed by atoms with Crippen molar-refractivity contribution in [2.75, 3.05) is 12.9 Å². The molecule has 1 amide bonds. The van der Waals surface area contributed by atoms with E-state index in [-0.39, 0.29) is 11.1 Å². The molecule has 0 fully saturated rings. The van der Waals surface area contributed by atoms with Crippen LogP contribution < -0.4 is 5.32 Å². The number of rotatable bonds is 10. The Balaban J connectivity index is 1.44. The highest BCUT2D eigenvalue weighted by Gasteiger charge is 2.22. The summed E-state index contributed by atoms with van der Waals surface area (Å²) in [4.78, 5) is 43.0. The minimum atomic E-state index is -1.19. The highest BCUT2D eigenvalue weighted by Crippen LogP contribution is 2.29. The molecule has 0 radical (unpaired) electrons. The predicted octanol–water partition coefficient (Wildman–Crippen LogP) is 7.81. The molecule has 5 aromatic rings. The van der Waals surface area contributed by atoms with Gasteiger partial charge in [-0.3, -0.25) is 4.79 Å². The molecule has 220 valence electrons. The molecule has 7 nitrogen and oxygen atoms in total. The number of fused-ring (bicyclic) bond motifs is 1. The number of carboxylic acid groups (broad SMARTS) is 1. The number of aromatic carboxylic acids is 1. The molecule has 9 heteroatoms. The highest BCUT2D eigenvalue weighted by molar-refractivity contribution is 7.99. The van der Waals surface area contributed by atoms with Crippen molar-refractivity contribution in [2.24, 2.45) is 0 Å². The van der Waals surface area contributed by atoms with Crippen molar-refractivity contribution in [1.29, 1.82) is 0 Å². The standard InChI is InChI=1S/C35H27ClN2O5S/c1-43-35(42)29-11-4-5-12-32(29)44-21-31(38-33(39)27-9-2-3-10-28(27)34(40)41)24-8-6-7-22(19-24)13-17-26-18-15-23-14-16-25(36)20-30(23)37-26/h2-20,31H,21H2,1H3,(H,38,39)(H,40,41)/b17-13+. The summed E-state index contributed by atoms with van der Waals surface area (Å²) in [5.74, 6) is -1.81. The number of methoxy groups -OCH3 is 1. The molecular formula is C35H27ClN2O5S. The number of thioether (sulfide) groups is 1. The summed E-state index contributed by atoms with van der Waals surface area (Å²) < 4.78 is 4.94. The van der Waals surface area contributed by atoms with Crippen LogP contribution in [0.4, 0.5) is 0 Å². The van der Waals surface area contributed by atoms with Gasteiger partial charge in [-0.15, -0.1) is 11.8 Å². The third-order valence-electron chi connectivity index (χ3n) is 6.84. The number of amides is 1. The first kappa shape index (κ1) is 30.5. The van der Waals surface area contributed by atoms with Gasteiger partial charge < -0.3 is 15.2 Å². The second-order valence-corrected chi connectivity index (χ2v) is 11.3. The van der Waals surface area contributed by atoms with E-state index >= 15 is 0 Å². The zero-order chi connectivity index (χ0) is 31.1. The molecule has 2 N–H and O–H groups in total. The molecule has 0 bridgehead atoms. The van der Waals surface area contributed by atoms with Crippen LogP contribution in [0.2, 0.25) is 5.02 Å². The zero-order valence-corrected chi connectivity index (χ0v) is 25.1. The largest absolute Gasteiger partial charge is 0.478 e. The summed E-state index contributed by atoms with van der Waals surface area (Å²) in [7, 11) is 1.33. The van der Waals surface area contributed by atoms with Gasteiger partial charge in [-0.25, -0.2) is 14.6 Å². The van der Waals surface area contributed by atoms with Gasteiger partial charge >= 0.3 is 11.9 Å². The van der Waals surface area contributed by atoms with E-state index in [4.69, 9.17) is 16.3 Å². The predicted molar refractivity (Wildman–Crippen MR) is 174 cm³/mol. The Morgan fingerprint density at radius 3 is 2.39 bits per heavy atom. The lowest BCUT2D eigenvalue weighted by Gasteiger charge is -2.21. The molecular weight excluding hydrogens is 596 g/mol. The van der Waals surface area contributed by atoms with Crippen LogP contribution >= 0.6 is 23.4 Å².